The van der Waals surface area contributed by atoms with Crippen LogP contribution in [0.4, 0.5) is 10.7 Å². The first-order valence-electron chi connectivity index (χ1n) is 8.25. The number of ether oxygens (including phenoxy) is 1. The van der Waals surface area contributed by atoms with Gasteiger partial charge in [0.05, 0.1) is 0 Å². The van der Waals surface area contributed by atoms with Gasteiger partial charge in [-0.3, -0.25) is 0 Å². The molecule has 0 spiro atoms. The van der Waals surface area contributed by atoms with Crippen LogP contribution in [0.2, 0.25) is 0 Å². The molecule has 0 atom stereocenters. The fraction of sp³-hybridized carbons (Fsp3) is 0.706. The lowest BCUT2D eigenvalue weighted by molar-refractivity contribution is 0.0491. The van der Waals surface area contributed by atoms with Gasteiger partial charge in [-0.05, 0) is 58.9 Å². The first-order chi connectivity index (χ1) is 10.7. The number of aryl methyl sites for hydroxylation is 1. The van der Waals surface area contributed by atoms with Gasteiger partial charge in [0, 0.05) is 31.5 Å². The summed E-state index contributed by atoms with van der Waals surface area (Å²) >= 11 is 0. The molecule has 1 aromatic heterocycles. The Morgan fingerprint density at radius 1 is 1.22 bits per heavy atom. The van der Waals surface area contributed by atoms with Gasteiger partial charge in [0.2, 0.25) is 5.95 Å². The van der Waals surface area contributed by atoms with Gasteiger partial charge in [0.15, 0.2) is 0 Å². The van der Waals surface area contributed by atoms with E-state index < -0.39 is 5.60 Å². The zero-order chi connectivity index (χ0) is 17.0. The van der Waals surface area contributed by atoms with Crippen molar-refractivity contribution in [3.63, 3.8) is 0 Å². The van der Waals surface area contributed by atoms with E-state index in [2.05, 4.69) is 20.2 Å². The number of alkyl carbamates (subject to hydrolysis) is 1. The quantitative estimate of drug-likeness (QED) is 0.927. The van der Waals surface area contributed by atoms with Gasteiger partial charge in [-0.1, -0.05) is 0 Å². The fourth-order valence-corrected chi connectivity index (χ4v) is 2.81. The summed E-state index contributed by atoms with van der Waals surface area (Å²) < 4.78 is 5.31. The van der Waals surface area contributed by atoms with Gasteiger partial charge in [-0.2, -0.15) is 0 Å². The zero-order valence-electron chi connectivity index (χ0n) is 14.8. The first kappa shape index (κ1) is 17.5. The Labute approximate surface area is 138 Å². The Kier molecular flexibility index (Phi) is 5.44. The van der Waals surface area contributed by atoms with E-state index in [1.807, 2.05) is 47.1 Å². The van der Waals surface area contributed by atoms with E-state index in [0.29, 0.717) is 6.04 Å². The highest BCUT2D eigenvalue weighted by Gasteiger charge is 2.27. The van der Waals surface area contributed by atoms with Crippen LogP contribution in [0, 0.1) is 6.92 Å². The van der Waals surface area contributed by atoms with Crippen LogP contribution in [0.1, 0.15) is 52.0 Å². The maximum absolute atomic E-state index is 11.8. The van der Waals surface area contributed by atoms with E-state index in [0.717, 1.165) is 37.2 Å². The molecule has 6 heteroatoms. The number of aromatic nitrogens is 2. The molecule has 1 N–H and O–H groups in total. The van der Waals surface area contributed by atoms with Crippen molar-refractivity contribution in [2.24, 2.45) is 0 Å². The Morgan fingerprint density at radius 2 is 1.78 bits per heavy atom. The molecule has 1 amide bonds. The number of hydrogen-bond acceptors (Lipinski definition) is 5. The van der Waals surface area contributed by atoms with Crippen LogP contribution in [0.3, 0.4) is 0 Å². The predicted octanol–water partition coefficient (Wildman–Crippen LogP) is 3.06. The summed E-state index contributed by atoms with van der Waals surface area (Å²) in [5, 5.41) is 2.97. The predicted molar refractivity (Wildman–Crippen MR) is 90.6 cm³/mol. The molecular formula is C17H28N4O2. The molecule has 23 heavy (non-hydrogen) atoms. The second-order valence-corrected chi connectivity index (χ2v) is 7.32. The lowest BCUT2D eigenvalue weighted by Gasteiger charge is -2.35. The highest BCUT2D eigenvalue weighted by Crippen LogP contribution is 2.25. The maximum atomic E-state index is 11.8. The third-order valence-electron chi connectivity index (χ3n) is 4.05. The molecule has 0 radical (unpaired) electrons. The first-order valence-corrected chi connectivity index (χ1v) is 8.25. The molecule has 1 fully saturated rings. The second kappa shape index (κ2) is 7.15. The monoisotopic (exact) mass is 320 g/mol. The van der Waals surface area contributed by atoms with Crippen molar-refractivity contribution in [2.75, 3.05) is 11.9 Å². The summed E-state index contributed by atoms with van der Waals surface area (Å²) in [6.45, 7) is 7.61. The number of anilines is 1. The normalized spacial score (nSPS) is 21.6. The minimum absolute atomic E-state index is 0.188. The van der Waals surface area contributed by atoms with Crippen LogP contribution in [-0.2, 0) is 4.74 Å². The number of carbonyl (C=O) groups excluding carboxylic acids is 1. The van der Waals surface area contributed by atoms with Crippen molar-refractivity contribution in [3.8, 4) is 0 Å². The highest BCUT2D eigenvalue weighted by molar-refractivity contribution is 5.68. The van der Waals surface area contributed by atoms with Crippen LogP contribution < -0.4 is 10.2 Å². The van der Waals surface area contributed by atoms with Gasteiger partial charge >= 0.3 is 6.09 Å². The third kappa shape index (κ3) is 5.37. The summed E-state index contributed by atoms with van der Waals surface area (Å²) in [5.74, 6) is 0.763. The molecule has 6 nitrogen and oxygen atoms in total. The van der Waals surface area contributed by atoms with Gasteiger partial charge < -0.3 is 15.0 Å². The Bertz CT molecular complexity index is 516. The molecule has 0 bridgehead atoms. The number of nitrogens with one attached hydrogen (secondary N) is 1. The topological polar surface area (TPSA) is 67.4 Å². The molecule has 0 unspecified atom stereocenters. The molecule has 2 rings (SSSR count). The average Bonchev–Trinajstić information content (AvgIpc) is 2.46. The maximum Gasteiger partial charge on any atom is 0.407 e. The molecule has 1 heterocycles. The molecule has 0 aliphatic heterocycles. The van der Waals surface area contributed by atoms with Gasteiger partial charge in [-0.15, -0.1) is 0 Å². The van der Waals surface area contributed by atoms with Crippen molar-refractivity contribution in [3.05, 3.63) is 18.0 Å². The summed E-state index contributed by atoms with van der Waals surface area (Å²) in [5.41, 5.74) is 0.608. The minimum atomic E-state index is -0.454. The molecule has 0 aromatic carbocycles. The fourth-order valence-electron chi connectivity index (χ4n) is 2.81. The summed E-state index contributed by atoms with van der Waals surface area (Å²) in [7, 11) is 2.04. The molecule has 1 aliphatic carbocycles. The number of hydrogen-bond donors (Lipinski definition) is 1. The number of nitrogens with zero attached hydrogens (tertiary/aromatic N) is 3. The van der Waals surface area contributed by atoms with Gasteiger partial charge in [0.1, 0.15) is 5.60 Å². The highest BCUT2D eigenvalue weighted by atomic mass is 16.6. The van der Waals surface area contributed by atoms with Gasteiger partial charge in [-0.25, -0.2) is 14.8 Å². The smallest absolute Gasteiger partial charge is 0.407 e. The third-order valence-corrected chi connectivity index (χ3v) is 4.05. The molecule has 0 saturated heterocycles. The van der Waals surface area contributed by atoms with Crippen LogP contribution in [0.5, 0.6) is 0 Å². The number of carbonyl (C=O) groups is 1. The van der Waals surface area contributed by atoms with Crippen molar-refractivity contribution >= 4 is 12.0 Å². The lowest BCUT2D eigenvalue weighted by atomic mass is 9.90. The second-order valence-electron chi connectivity index (χ2n) is 7.32. The van der Waals surface area contributed by atoms with Crippen molar-refractivity contribution < 1.29 is 9.53 Å². The van der Waals surface area contributed by atoms with E-state index in [4.69, 9.17) is 4.74 Å². The Hall–Kier alpha value is -1.85. The summed E-state index contributed by atoms with van der Waals surface area (Å²) in [6, 6.07) is 0.600. The largest absolute Gasteiger partial charge is 0.444 e. The summed E-state index contributed by atoms with van der Waals surface area (Å²) in [4.78, 5) is 22.7. The van der Waals surface area contributed by atoms with Crippen LogP contribution in [-0.4, -0.2) is 40.8 Å². The van der Waals surface area contributed by atoms with Crippen molar-refractivity contribution in [1.29, 1.82) is 0 Å². The number of amides is 1. The van der Waals surface area contributed by atoms with Crippen molar-refractivity contribution in [1.82, 2.24) is 15.3 Å². The zero-order valence-corrected chi connectivity index (χ0v) is 14.8. The van der Waals surface area contributed by atoms with E-state index in [1.165, 1.54) is 0 Å². The van der Waals surface area contributed by atoms with Crippen LogP contribution in [0.15, 0.2) is 12.4 Å². The minimum Gasteiger partial charge on any atom is -0.444 e. The Morgan fingerprint density at radius 3 is 2.30 bits per heavy atom. The van der Waals surface area contributed by atoms with E-state index in [1.54, 1.807) is 0 Å². The number of rotatable bonds is 3. The molecule has 1 aromatic rings. The van der Waals surface area contributed by atoms with Crippen LogP contribution >= 0.6 is 0 Å². The van der Waals surface area contributed by atoms with Crippen molar-refractivity contribution in [2.45, 2.75) is 71.1 Å². The molecule has 1 saturated carbocycles. The van der Waals surface area contributed by atoms with Gasteiger partial charge in [0.25, 0.3) is 0 Å². The van der Waals surface area contributed by atoms with E-state index in [-0.39, 0.29) is 12.1 Å². The SMILES string of the molecule is Cc1cnc(N(C)C2CCC(NC(=O)OC(C)(C)C)CC2)nc1. The van der Waals surface area contributed by atoms with E-state index in [9.17, 15) is 4.79 Å². The van der Waals surface area contributed by atoms with Crippen LogP contribution in [0.25, 0.3) is 0 Å². The van der Waals surface area contributed by atoms with E-state index >= 15 is 0 Å². The standard InChI is InChI=1S/C17H28N4O2/c1-12-10-18-15(19-11-12)21(5)14-8-6-13(7-9-14)20-16(22)23-17(2,3)4/h10-11,13-14H,6-9H2,1-5H3,(H,20,22). The molecule has 128 valence electrons. The molecule has 1 aliphatic rings. The summed E-state index contributed by atoms with van der Waals surface area (Å²) in [6.07, 6.45) is 7.27. The molecular weight excluding hydrogens is 292 g/mol. The lowest BCUT2D eigenvalue weighted by Crippen LogP contribution is -2.44. The Balaban J connectivity index is 1.81. The average molecular weight is 320 g/mol.